The second-order valence-electron chi connectivity index (χ2n) is 4.09. The van der Waals surface area contributed by atoms with Crippen molar-refractivity contribution in [1.29, 1.82) is 0 Å². The zero-order chi connectivity index (χ0) is 14.4. The van der Waals surface area contributed by atoms with Crippen LogP contribution in [0, 0.1) is 10.1 Å². The van der Waals surface area contributed by atoms with Gasteiger partial charge in [0, 0.05) is 12.1 Å². The highest BCUT2D eigenvalue weighted by Gasteiger charge is 2.07. The van der Waals surface area contributed by atoms with Crippen LogP contribution in [0.5, 0.6) is 0 Å². The number of rotatable bonds is 4. The summed E-state index contributed by atoms with van der Waals surface area (Å²) in [5, 5.41) is 11.0. The molecule has 0 aliphatic heterocycles. The number of benzene rings is 2. The van der Waals surface area contributed by atoms with E-state index < -0.39 is 4.92 Å². The molecular weight excluding hydrogens is 274 g/mol. The Morgan fingerprint density at radius 2 is 1.70 bits per heavy atom. The first-order chi connectivity index (χ1) is 9.66. The van der Waals surface area contributed by atoms with Crippen molar-refractivity contribution in [2.24, 2.45) is 0 Å². The molecule has 0 radical (unpaired) electrons. The maximum atomic E-state index is 10.6. The van der Waals surface area contributed by atoms with E-state index in [1.165, 1.54) is 12.1 Å². The largest absolute Gasteiger partial charge is 0.270 e. The van der Waals surface area contributed by atoms with Crippen LogP contribution in [0.2, 0.25) is 5.02 Å². The standard InChI is InChI=1S/C16H12ClNO2/c17-16-12-15(18(19)20)11-10-14(16)9-5-4-8-13-6-2-1-3-7-13/h1-12H/b8-4+,9-5-. The van der Waals surface area contributed by atoms with Crippen molar-refractivity contribution in [1.82, 2.24) is 0 Å². The van der Waals surface area contributed by atoms with Crippen molar-refractivity contribution >= 4 is 29.4 Å². The first kappa shape index (κ1) is 14.0. The van der Waals surface area contributed by atoms with Crippen molar-refractivity contribution in [3.05, 3.63) is 86.9 Å². The van der Waals surface area contributed by atoms with Gasteiger partial charge in [-0.1, -0.05) is 66.2 Å². The number of nitro benzene ring substituents is 1. The van der Waals surface area contributed by atoms with Crippen LogP contribution >= 0.6 is 11.6 Å². The number of nitrogens with zero attached hydrogens (tertiary/aromatic N) is 1. The van der Waals surface area contributed by atoms with Crippen LogP contribution < -0.4 is 0 Å². The second-order valence-corrected chi connectivity index (χ2v) is 4.50. The van der Waals surface area contributed by atoms with Crippen LogP contribution in [0.4, 0.5) is 5.69 Å². The molecule has 3 nitrogen and oxygen atoms in total. The number of hydrogen-bond donors (Lipinski definition) is 0. The number of halogens is 1. The summed E-state index contributed by atoms with van der Waals surface area (Å²) in [5.41, 5.74) is 1.84. The molecule has 4 heteroatoms. The van der Waals surface area contributed by atoms with E-state index in [9.17, 15) is 10.1 Å². The Balaban J connectivity index is 2.08. The first-order valence-electron chi connectivity index (χ1n) is 6.00. The van der Waals surface area contributed by atoms with Gasteiger partial charge in [0.15, 0.2) is 0 Å². The van der Waals surface area contributed by atoms with E-state index in [-0.39, 0.29) is 5.69 Å². The quantitative estimate of drug-likeness (QED) is 0.452. The van der Waals surface area contributed by atoms with Gasteiger partial charge >= 0.3 is 0 Å². The van der Waals surface area contributed by atoms with Crippen molar-refractivity contribution in [2.45, 2.75) is 0 Å². The molecule has 0 bridgehead atoms. The third kappa shape index (κ3) is 3.80. The summed E-state index contributed by atoms with van der Waals surface area (Å²) in [6, 6.07) is 14.3. The molecule has 100 valence electrons. The Morgan fingerprint density at radius 3 is 2.35 bits per heavy atom. The highest BCUT2D eigenvalue weighted by Crippen LogP contribution is 2.23. The molecule has 0 fully saturated rings. The maximum absolute atomic E-state index is 10.6. The summed E-state index contributed by atoms with van der Waals surface area (Å²) < 4.78 is 0. The number of hydrogen-bond acceptors (Lipinski definition) is 2. The predicted octanol–water partition coefficient (Wildman–Crippen LogP) is 4.97. The van der Waals surface area contributed by atoms with E-state index in [1.807, 2.05) is 54.6 Å². The SMILES string of the molecule is O=[N+]([O-])c1ccc(/C=C\C=C\c2ccccc2)c(Cl)c1. The first-order valence-corrected chi connectivity index (χ1v) is 6.38. The lowest BCUT2D eigenvalue weighted by atomic mass is 10.1. The molecule has 0 saturated carbocycles. The van der Waals surface area contributed by atoms with Crippen LogP contribution in [-0.2, 0) is 0 Å². The topological polar surface area (TPSA) is 43.1 Å². The average Bonchev–Trinajstić information content (AvgIpc) is 2.46. The summed E-state index contributed by atoms with van der Waals surface area (Å²) in [7, 11) is 0. The molecule has 0 amide bonds. The Bertz CT molecular complexity index is 663. The molecule has 2 rings (SSSR count). The van der Waals surface area contributed by atoms with Gasteiger partial charge < -0.3 is 0 Å². The molecule has 0 atom stereocenters. The summed E-state index contributed by atoms with van der Waals surface area (Å²) in [4.78, 5) is 10.1. The summed E-state index contributed by atoms with van der Waals surface area (Å²) in [6.07, 6.45) is 7.52. The fourth-order valence-electron chi connectivity index (χ4n) is 1.65. The Labute approximate surface area is 122 Å². The minimum Gasteiger partial charge on any atom is -0.258 e. The van der Waals surface area contributed by atoms with Gasteiger partial charge in [-0.05, 0) is 17.2 Å². The summed E-state index contributed by atoms with van der Waals surface area (Å²) in [5.74, 6) is 0. The Kier molecular flexibility index (Phi) is 4.69. The lowest BCUT2D eigenvalue weighted by Gasteiger charge is -1.97. The molecular formula is C16H12ClNO2. The van der Waals surface area contributed by atoms with Crippen LogP contribution in [0.1, 0.15) is 11.1 Å². The lowest BCUT2D eigenvalue weighted by Crippen LogP contribution is -1.87. The van der Waals surface area contributed by atoms with E-state index in [0.717, 1.165) is 11.1 Å². The Hall–Kier alpha value is -2.39. The smallest absolute Gasteiger partial charge is 0.258 e. The van der Waals surface area contributed by atoms with Gasteiger partial charge in [-0.2, -0.15) is 0 Å². The van der Waals surface area contributed by atoms with E-state index in [2.05, 4.69) is 0 Å². The monoisotopic (exact) mass is 285 g/mol. The molecule has 0 unspecified atom stereocenters. The zero-order valence-electron chi connectivity index (χ0n) is 10.6. The van der Waals surface area contributed by atoms with Crippen LogP contribution in [0.3, 0.4) is 0 Å². The molecule has 0 aliphatic rings. The molecule has 2 aromatic carbocycles. The van der Waals surface area contributed by atoms with E-state index in [0.29, 0.717) is 5.02 Å². The minimum absolute atomic E-state index is 0.00743. The van der Waals surface area contributed by atoms with E-state index >= 15 is 0 Å². The Morgan fingerprint density at radius 1 is 1.00 bits per heavy atom. The van der Waals surface area contributed by atoms with Gasteiger partial charge in [0.05, 0.1) is 9.95 Å². The molecule has 0 aromatic heterocycles. The van der Waals surface area contributed by atoms with Crippen LogP contribution in [-0.4, -0.2) is 4.92 Å². The van der Waals surface area contributed by atoms with Gasteiger partial charge in [0.2, 0.25) is 0 Å². The van der Waals surface area contributed by atoms with Gasteiger partial charge in [-0.3, -0.25) is 10.1 Å². The van der Waals surface area contributed by atoms with Crippen LogP contribution in [0.15, 0.2) is 60.7 Å². The third-order valence-electron chi connectivity index (χ3n) is 2.67. The summed E-state index contributed by atoms with van der Waals surface area (Å²) in [6.45, 7) is 0. The van der Waals surface area contributed by atoms with Gasteiger partial charge in [0.25, 0.3) is 5.69 Å². The third-order valence-corrected chi connectivity index (χ3v) is 3.00. The maximum Gasteiger partial charge on any atom is 0.270 e. The zero-order valence-corrected chi connectivity index (χ0v) is 11.3. The average molecular weight is 286 g/mol. The molecule has 2 aromatic rings. The van der Waals surface area contributed by atoms with Gasteiger partial charge in [-0.15, -0.1) is 0 Å². The number of nitro groups is 1. The second kappa shape index (κ2) is 6.68. The molecule has 0 spiro atoms. The van der Waals surface area contributed by atoms with Gasteiger partial charge in [-0.25, -0.2) is 0 Å². The predicted molar refractivity (Wildman–Crippen MR) is 82.6 cm³/mol. The lowest BCUT2D eigenvalue weighted by molar-refractivity contribution is -0.384. The number of non-ortho nitro benzene ring substituents is 1. The van der Waals surface area contributed by atoms with Crippen molar-refractivity contribution < 1.29 is 4.92 Å². The fraction of sp³-hybridized carbons (Fsp3) is 0. The van der Waals surface area contributed by atoms with Crippen molar-refractivity contribution in [2.75, 3.05) is 0 Å². The normalized spacial score (nSPS) is 11.2. The molecule has 0 heterocycles. The van der Waals surface area contributed by atoms with Crippen molar-refractivity contribution in [3.63, 3.8) is 0 Å². The minimum atomic E-state index is -0.464. The van der Waals surface area contributed by atoms with Crippen LogP contribution in [0.25, 0.3) is 12.2 Å². The van der Waals surface area contributed by atoms with Crippen molar-refractivity contribution in [3.8, 4) is 0 Å². The fourth-order valence-corrected chi connectivity index (χ4v) is 1.89. The molecule has 0 aliphatic carbocycles. The van der Waals surface area contributed by atoms with Gasteiger partial charge in [0.1, 0.15) is 0 Å². The molecule has 20 heavy (non-hydrogen) atoms. The molecule has 0 N–H and O–H groups in total. The highest BCUT2D eigenvalue weighted by atomic mass is 35.5. The number of allylic oxidation sites excluding steroid dienone is 2. The molecule has 0 saturated heterocycles. The van der Waals surface area contributed by atoms with E-state index in [4.69, 9.17) is 11.6 Å². The highest BCUT2D eigenvalue weighted by molar-refractivity contribution is 6.32. The summed E-state index contributed by atoms with van der Waals surface area (Å²) >= 11 is 5.99. The van der Waals surface area contributed by atoms with E-state index in [1.54, 1.807) is 6.07 Å².